The first-order valence-corrected chi connectivity index (χ1v) is 2.39. The van der Waals surface area contributed by atoms with Gasteiger partial charge in [0.05, 0.1) is 6.04 Å². The number of rotatable bonds is 3. The first-order chi connectivity index (χ1) is 4.04. The Morgan fingerprint density at radius 3 is 2.22 bits per heavy atom. The van der Waals surface area contributed by atoms with Crippen molar-refractivity contribution < 1.29 is 19.9 Å². The maximum absolute atomic E-state index is 9.95. The molecule has 0 aliphatic carbocycles. The minimum absolute atomic E-state index is 0.940. The molecule has 0 aliphatic heterocycles. The van der Waals surface area contributed by atoms with E-state index < -0.39 is 19.3 Å². The highest BCUT2D eigenvalue weighted by Gasteiger charge is 2.16. The van der Waals surface area contributed by atoms with Crippen LogP contribution < -0.4 is 5.23 Å². The van der Waals surface area contributed by atoms with Gasteiger partial charge in [-0.25, -0.2) is 0 Å². The monoisotopic (exact) mass is 133 g/mol. The highest BCUT2D eigenvalue weighted by Crippen LogP contribution is 1.78. The second-order valence-electron chi connectivity index (χ2n) is 1.60. The fourth-order valence-corrected chi connectivity index (χ4v) is 0.295. The van der Waals surface area contributed by atoms with Gasteiger partial charge >= 0.3 is 13.2 Å². The molecule has 0 heterocycles. The lowest BCUT2D eigenvalue weighted by atomic mass is 10.1. The lowest BCUT2D eigenvalue weighted by molar-refractivity contribution is -0.138. The zero-order valence-corrected chi connectivity index (χ0v) is 4.90. The van der Waals surface area contributed by atoms with Gasteiger partial charge in [0.15, 0.2) is 0 Å². The first-order valence-electron chi connectivity index (χ1n) is 2.39. The van der Waals surface area contributed by atoms with Crippen LogP contribution in [0.3, 0.4) is 0 Å². The molecule has 0 unspecified atom stereocenters. The lowest BCUT2D eigenvalue weighted by Crippen LogP contribution is -2.44. The summed E-state index contributed by atoms with van der Waals surface area (Å²) in [6.45, 7) is 1.31. The Morgan fingerprint density at radius 2 is 2.11 bits per heavy atom. The van der Waals surface area contributed by atoms with E-state index in [9.17, 15) is 4.79 Å². The molecule has 0 radical (unpaired) electrons. The third-order valence-electron chi connectivity index (χ3n) is 0.769. The summed E-state index contributed by atoms with van der Waals surface area (Å²) in [7, 11) is -1.77. The number of carbonyl (C=O) groups is 1. The zero-order chi connectivity index (χ0) is 7.44. The third kappa shape index (κ3) is 3.95. The molecular formula is C3H8BNO4. The molecule has 0 saturated heterocycles. The van der Waals surface area contributed by atoms with Crippen molar-refractivity contribution in [3.05, 3.63) is 0 Å². The summed E-state index contributed by atoms with van der Waals surface area (Å²) in [5, 5.41) is 26.4. The molecule has 0 aliphatic rings. The summed E-state index contributed by atoms with van der Waals surface area (Å²) in [6, 6.07) is -0.940. The zero-order valence-electron chi connectivity index (χ0n) is 4.90. The van der Waals surface area contributed by atoms with Gasteiger partial charge in [-0.15, -0.1) is 0 Å². The van der Waals surface area contributed by atoms with Crippen molar-refractivity contribution in [1.82, 2.24) is 5.23 Å². The predicted molar refractivity (Wildman–Crippen MR) is 30.4 cm³/mol. The molecule has 0 amide bonds. The van der Waals surface area contributed by atoms with Crippen LogP contribution in [0.25, 0.3) is 0 Å². The number of hydrogen-bond acceptors (Lipinski definition) is 4. The van der Waals surface area contributed by atoms with Crippen molar-refractivity contribution in [2.45, 2.75) is 13.0 Å². The van der Waals surface area contributed by atoms with Crippen LogP contribution in [-0.4, -0.2) is 34.4 Å². The van der Waals surface area contributed by atoms with Gasteiger partial charge in [-0.1, -0.05) is 0 Å². The molecule has 0 bridgehead atoms. The summed E-state index contributed by atoms with van der Waals surface area (Å²) < 4.78 is 0. The molecule has 0 saturated carbocycles. The molecule has 1 atom stereocenters. The van der Waals surface area contributed by atoms with Crippen molar-refractivity contribution >= 4 is 13.2 Å². The summed E-state index contributed by atoms with van der Waals surface area (Å²) in [6.07, 6.45) is 0. The smallest absolute Gasteiger partial charge is 0.480 e. The van der Waals surface area contributed by atoms with Gasteiger partial charge in [0.25, 0.3) is 0 Å². The summed E-state index contributed by atoms with van der Waals surface area (Å²) in [5.41, 5.74) is 0. The molecule has 0 rings (SSSR count). The molecule has 6 heteroatoms. The molecule has 9 heavy (non-hydrogen) atoms. The van der Waals surface area contributed by atoms with E-state index in [4.69, 9.17) is 15.2 Å². The number of carboxylic acid groups (broad SMARTS) is 1. The minimum atomic E-state index is -1.77. The van der Waals surface area contributed by atoms with E-state index in [1.54, 1.807) is 0 Å². The van der Waals surface area contributed by atoms with Crippen LogP contribution >= 0.6 is 0 Å². The molecule has 0 aromatic heterocycles. The Hall–Kier alpha value is -0.585. The van der Waals surface area contributed by atoms with Crippen LogP contribution in [0.5, 0.6) is 0 Å². The molecule has 4 N–H and O–H groups in total. The number of aliphatic carboxylic acids is 1. The van der Waals surface area contributed by atoms with Gasteiger partial charge in [-0.3, -0.25) is 10.0 Å². The van der Waals surface area contributed by atoms with E-state index >= 15 is 0 Å². The highest BCUT2D eigenvalue weighted by atomic mass is 16.4. The Morgan fingerprint density at radius 1 is 1.67 bits per heavy atom. The number of carboxylic acids is 1. The van der Waals surface area contributed by atoms with Gasteiger partial charge in [-0.2, -0.15) is 0 Å². The van der Waals surface area contributed by atoms with Crippen molar-refractivity contribution in [3.8, 4) is 0 Å². The number of nitrogens with one attached hydrogen (secondary N) is 1. The summed E-state index contributed by atoms with van der Waals surface area (Å²) in [4.78, 5) is 9.95. The van der Waals surface area contributed by atoms with Crippen molar-refractivity contribution in [2.75, 3.05) is 0 Å². The van der Waals surface area contributed by atoms with Crippen LogP contribution in [-0.2, 0) is 4.79 Å². The average Bonchev–Trinajstić information content (AvgIpc) is 1.63. The van der Waals surface area contributed by atoms with Gasteiger partial charge < -0.3 is 15.2 Å². The predicted octanol–water partition coefficient (Wildman–Crippen LogP) is -1.98. The molecule has 0 fully saturated rings. The van der Waals surface area contributed by atoms with Gasteiger partial charge in [-0.05, 0) is 6.92 Å². The van der Waals surface area contributed by atoms with Crippen molar-refractivity contribution in [3.63, 3.8) is 0 Å². The second kappa shape index (κ2) is 3.44. The SMILES string of the molecule is C[C@H](NB(O)O)C(=O)O. The largest absolute Gasteiger partial charge is 0.549 e. The van der Waals surface area contributed by atoms with E-state index in [1.165, 1.54) is 6.92 Å². The van der Waals surface area contributed by atoms with Gasteiger partial charge in [0.1, 0.15) is 0 Å². The van der Waals surface area contributed by atoms with Crippen molar-refractivity contribution in [1.29, 1.82) is 0 Å². The maximum Gasteiger partial charge on any atom is 0.549 e. The Bertz CT molecular complexity index is 106. The van der Waals surface area contributed by atoms with Crippen molar-refractivity contribution in [2.24, 2.45) is 0 Å². The van der Waals surface area contributed by atoms with Crippen LogP contribution in [0.2, 0.25) is 0 Å². The van der Waals surface area contributed by atoms with Crippen LogP contribution in [0, 0.1) is 0 Å². The van der Waals surface area contributed by atoms with E-state index in [2.05, 4.69) is 0 Å². The molecule has 0 spiro atoms. The number of hydrogen-bond donors (Lipinski definition) is 4. The molecule has 0 aromatic rings. The molecule has 0 aromatic carbocycles. The quantitative estimate of drug-likeness (QED) is 0.335. The fraction of sp³-hybridized carbons (Fsp3) is 0.667. The average molecular weight is 133 g/mol. The van der Waals surface area contributed by atoms with E-state index in [0.29, 0.717) is 0 Å². The minimum Gasteiger partial charge on any atom is -0.480 e. The normalized spacial score (nSPS) is 12.8. The van der Waals surface area contributed by atoms with E-state index in [0.717, 1.165) is 0 Å². The maximum atomic E-state index is 9.95. The fourth-order valence-electron chi connectivity index (χ4n) is 0.295. The topological polar surface area (TPSA) is 89.8 Å². The standard InChI is InChI=1S/C3H8BNO4/c1-2(3(6)7)5-4(8)9/h2,5,8-9H,1H3,(H,6,7)/t2-/m0/s1. The highest BCUT2D eigenvalue weighted by molar-refractivity contribution is 6.38. The van der Waals surface area contributed by atoms with Crippen LogP contribution in [0.1, 0.15) is 6.92 Å². The van der Waals surface area contributed by atoms with Gasteiger partial charge in [0, 0.05) is 0 Å². The van der Waals surface area contributed by atoms with Gasteiger partial charge in [0.2, 0.25) is 0 Å². The Kier molecular flexibility index (Phi) is 3.22. The Labute approximate surface area is 52.5 Å². The van der Waals surface area contributed by atoms with E-state index in [1.807, 2.05) is 5.23 Å². The Balaban J connectivity index is 3.50. The molecule has 52 valence electrons. The summed E-state index contributed by atoms with van der Waals surface area (Å²) >= 11 is 0. The third-order valence-corrected chi connectivity index (χ3v) is 0.769. The summed E-state index contributed by atoms with van der Waals surface area (Å²) in [5.74, 6) is -1.12. The van der Waals surface area contributed by atoms with Crippen LogP contribution in [0.4, 0.5) is 0 Å². The second-order valence-corrected chi connectivity index (χ2v) is 1.60. The molecular weight excluding hydrogens is 125 g/mol. The van der Waals surface area contributed by atoms with Crippen LogP contribution in [0.15, 0.2) is 0 Å². The first kappa shape index (κ1) is 8.41. The van der Waals surface area contributed by atoms with E-state index in [-0.39, 0.29) is 0 Å². The lowest BCUT2D eigenvalue weighted by Gasteiger charge is -2.05. The molecule has 5 nitrogen and oxygen atoms in total.